The van der Waals surface area contributed by atoms with Crippen LogP contribution in [-0.4, -0.2) is 28.5 Å². The predicted octanol–water partition coefficient (Wildman–Crippen LogP) is 3.45. The molecule has 0 aromatic carbocycles. The van der Waals surface area contributed by atoms with E-state index in [4.69, 9.17) is 10.2 Å². The van der Waals surface area contributed by atoms with E-state index in [1.54, 1.807) is 0 Å². The standard InChI is InChI=1S/C17H31N3O/c1-5-10-20(14-8-6-13(18)7-9-14)12-16-19-11-15(21-16)17(2,3)4/h11,13-14H,5-10,12,18H2,1-4H3. The second-order valence-corrected chi connectivity index (χ2v) is 7.41. The molecule has 120 valence electrons. The lowest BCUT2D eigenvalue weighted by Crippen LogP contribution is -2.40. The van der Waals surface area contributed by atoms with E-state index < -0.39 is 0 Å². The highest BCUT2D eigenvalue weighted by atomic mass is 16.4. The Balaban J connectivity index is 2.00. The van der Waals surface area contributed by atoms with Gasteiger partial charge in [0.15, 0.2) is 0 Å². The lowest BCUT2D eigenvalue weighted by atomic mass is 9.90. The third kappa shape index (κ3) is 4.55. The fourth-order valence-corrected chi connectivity index (χ4v) is 3.05. The lowest BCUT2D eigenvalue weighted by molar-refractivity contribution is 0.129. The van der Waals surface area contributed by atoms with Crippen LogP contribution in [0.25, 0.3) is 0 Å². The first kappa shape index (κ1) is 16.5. The van der Waals surface area contributed by atoms with Crippen LogP contribution in [0.2, 0.25) is 0 Å². The van der Waals surface area contributed by atoms with Crippen molar-refractivity contribution >= 4 is 0 Å². The average molecular weight is 293 g/mol. The minimum Gasteiger partial charge on any atom is -0.444 e. The van der Waals surface area contributed by atoms with Gasteiger partial charge in [0.1, 0.15) is 5.76 Å². The van der Waals surface area contributed by atoms with E-state index in [2.05, 4.69) is 37.6 Å². The van der Waals surface area contributed by atoms with E-state index in [-0.39, 0.29) is 5.41 Å². The molecule has 4 nitrogen and oxygen atoms in total. The smallest absolute Gasteiger partial charge is 0.208 e. The number of nitrogens with zero attached hydrogens (tertiary/aromatic N) is 2. The highest BCUT2D eigenvalue weighted by Crippen LogP contribution is 2.26. The molecule has 0 spiro atoms. The molecule has 2 N–H and O–H groups in total. The van der Waals surface area contributed by atoms with Crippen LogP contribution in [0, 0.1) is 0 Å². The molecule has 0 bridgehead atoms. The van der Waals surface area contributed by atoms with E-state index in [0.29, 0.717) is 12.1 Å². The van der Waals surface area contributed by atoms with Crippen LogP contribution >= 0.6 is 0 Å². The molecular formula is C17H31N3O. The zero-order valence-electron chi connectivity index (χ0n) is 14.1. The highest BCUT2D eigenvalue weighted by Gasteiger charge is 2.26. The summed E-state index contributed by atoms with van der Waals surface area (Å²) in [6.45, 7) is 10.6. The number of aromatic nitrogens is 1. The molecule has 0 unspecified atom stereocenters. The van der Waals surface area contributed by atoms with Gasteiger partial charge in [0.2, 0.25) is 5.89 Å². The average Bonchev–Trinajstić information content (AvgIpc) is 2.88. The summed E-state index contributed by atoms with van der Waals surface area (Å²) in [6.07, 6.45) is 7.74. The Morgan fingerprint density at radius 1 is 1.29 bits per heavy atom. The van der Waals surface area contributed by atoms with Crippen LogP contribution in [0.1, 0.15) is 71.5 Å². The molecule has 0 radical (unpaired) electrons. The van der Waals surface area contributed by atoms with Crippen molar-refractivity contribution in [2.75, 3.05) is 6.54 Å². The van der Waals surface area contributed by atoms with Gasteiger partial charge in [-0.15, -0.1) is 0 Å². The SMILES string of the molecule is CCCN(Cc1ncc(C(C)(C)C)o1)C1CCC(N)CC1. The quantitative estimate of drug-likeness (QED) is 0.903. The van der Waals surface area contributed by atoms with Crippen LogP contribution < -0.4 is 5.73 Å². The maximum absolute atomic E-state index is 6.03. The molecule has 1 heterocycles. The first-order valence-electron chi connectivity index (χ1n) is 8.35. The number of hydrogen-bond donors (Lipinski definition) is 1. The number of nitrogens with two attached hydrogens (primary N) is 1. The summed E-state index contributed by atoms with van der Waals surface area (Å²) in [5.41, 5.74) is 6.05. The normalized spacial score (nSPS) is 23.7. The van der Waals surface area contributed by atoms with Crippen molar-refractivity contribution < 1.29 is 4.42 Å². The summed E-state index contributed by atoms with van der Waals surface area (Å²) in [5, 5.41) is 0. The molecule has 4 heteroatoms. The first-order chi connectivity index (χ1) is 9.90. The zero-order valence-corrected chi connectivity index (χ0v) is 14.1. The second-order valence-electron chi connectivity index (χ2n) is 7.41. The van der Waals surface area contributed by atoms with Gasteiger partial charge in [0.05, 0.1) is 12.7 Å². The van der Waals surface area contributed by atoms with Crippen molar-refractivity contribution in [1.82, 2.24) is 9.88 Å². The summed E-state index contributed by atoms with van der Waals surface area (Å²) in [4.78, 5) is 7.01. The minimum atomic E-state index is 0.0262. The summed E-state index contributed by atoms with van der Waals surface area (Å²) < 4.78 is 5.96. The van der Waals surface area contributed by atoms with Crippen LogP contribution in [0.15, 0.2) is 10.6 Å². The third-order valence-corrected chi connectivity index (χ3v) is 4.40. The van der Waals surface area contributed by atoms with Gasteiger partial charge in [-0.3, -0.25) is 4.90 Å². The summed E-state index contributed by atoms with van der Waals surface area (Å²) >= 11 is 0. The second kappa shape index (κ2) is 6.93. The van der Waals surface area contributed by atoms with Crippen LogP contribution in [-0.2, 0) is 12.0 Å². The van der Waals surface area contributed by atoms with Crippen LogP contribution in [0.5, 0.6) is 0 Å². The lowest BCUT2D eigenvalue weighted by Gasteiger charge is -2.35. The van der Waals surface area contributed by atoms with E-state index in [0.717, 1.165) is 44.0 Å². The van der Waals surface area contributed by atoms with Gasteiger partial charge in [-0.05, 0) is 38.6 Å². The molecule has 0 saturated heterocycles. The van der Waals surface area contributed by atoms with Crippen molar-refractivity contribution in [2.24, 2.45) is 5.73 Å². The van der Waals surface area contributed by atoms with Gasteiger partial charge >= 0.3 is 0 Å². The third-order valence-electron chi connectivity index (χ3n) is 4.40. The molecule has 1 aliphatic carbocycles. The van der Waals surface area contributed by atoms with Crippen molar-refractivity contribution in [1.29, 1.82) is 0 Å². The number of rotatable bonds is 5. The van der Waals surface area contributed by atoms with Gasteiger partial charge in [0.25, 0.3) is 0 Å². The highest BCUT2D eigenvalue weighted by molar-refractivity contribution is 5.06. The molecule has 1 aromatic heterocycles. The predicted molar refractivity (Wildman–Crippen MR) is 86.1 cm³/mol. The van der Waals surface area contributed by atoms with E-state index >= 15 is 0 Å². The Bertz CT molecular complexity index is 427. The Morgan fingerprint density at radius 3 is 2.48 bits per heavy atom. The molecule has 2 rings (SSSR count). The fourth-order valence-electron chi connectivity index (χ4n) is 3.05. The van der Waals surface area contributed by atoms with Crippen molar-refractivity contribution in [3.63, 3.8) is 0 Å². The summed E-state index contributed by atoms with van der Waals surface area (Å²) in [5.74, 6) is 1.82. The van der Waals surface area contributed by atoms with Gasteiger partial charge in [0, 0.05) is 17.5 Å². The topological polar surface area (TPSA) is 55.3 Å². The Kier molecular flexibility index (Phi) is 5.44. The molecular weight excluding hydrogens is 262 g/mol. The van der Waals surface area contributed by atoms with Gasteiger partial charge < -0.3 is 10.2 Å². The monoisotopic (exact) mass is 293 g/mol. The minimum absolute atomic E-state index is 0.0262. The molecule has 1 aromatic rings. The summed E-state index contributed by atoms with van der Waals surface area (Å²) in [7, 11) is 0. The zero-order chi connectivity index (χ0) is 15.5. The first-order valence-corrected chi connectivity index (χ1v) is 8.35. The maximum Gasteiger partial charge on any atom is 0.208 e. The van der Waals surface area contributed by atoms with E-state index in [9.17, 15) is 0 Å². The van der Waals surface area contributed by atoms with Gasteiger partial charge in [-0.2, -0.15) is 0 Å². The maximum atomic E-state index is 6.03. The van der Waals surface area contributed by atoms with Crippen LogP contribution in [0.3, 0.4) is 0 Å². The van der Waals surface area contributed by atoms with Gasteiger partial charge in [-0.25, -0.2) is 4.98 Å². The molecule has 0 amide bonds. The van der Waals surface area contributed by atoms with Crippen molar-refractivity contribution in [3.05, 3.63) is 17.8 Å². The molecule has 0 aliphatic heterocycles. The number of oxazole rings is 1. The van der Waals surface area contributed by atoms with Crippen molar-refractivity contribution in [2.45, 2.75) is 83.8 Å². The Hall–Kier alpha value is -0.870. The van der Waals surface area contributed by atoms with E-state index in [1.165, 1.54) is 12.8 Å². The Labute approximate surface area is 129 Å². The fraction of sp³-hybridized carbons (Fsp3) is 0.824. The molecule has 21 heavy (non-hydrogen) atoms. The molecule has 0 atom stereocenters. The van der Waals surface area contributed by atoms with E-state index in [1.807, 2.05) is 6.20 Å². The molecule has 1 saturated carbocycles. The Morgan fingerprint density at radius 2 is 1.95 bits per heavy atom. The van der Waals surface area contributed by atoms with Gasteiger partial charge in [-0.1, -0.05) is 27.7 Å². The summed E-state index contributed by atoms with van der Waals surface area (Å²) in [6, 6.07) is 1.04. The largest absolute Gasteiger partial charge is 0.444 e. The van der Waals surface area contributed by atoms with Crippen molar-refractivity contribution in [3.8, 4) is 0 Å². The molecule has 1 aliphatic rings. The molecule has 1 fully saturated rings. The van der Waals surface area contributed by atoms with Crippen LogP contribution in [0.4, 0.5) is 0 Å². The number of hydrogen-bond acceptors (Lipinski definition) is 4.